The normalized spacial score (nSPS) is 14.0. The monoisotopic (exact) mass is 459 g/mol. The van der Waals surface area contributed by atoms with Crippen molar-refractivity contribution in [1.29, 1.82) is 0 Å². The predicted molar refractivity (Wildman–Crippen MR) is 138 cm³/mol. The number of carbonyl (C=O) groups is 2. The van der Waals surface area contributed by atoms with Gasteiger partial charge in [0.15, 0.2) is 0 Å². The number of quaternary nitrogens is 1. The Morgan fingerprint density at radius 2 is 1.35 bits per heavy atom. The van der Waals surface area contributed by atoms with Crippen molar-refractivity contribution in [1.82, 2.24) is 0 Å². The summed E-state index contributed by atoms with van der Waals surface area (Å²) >= 11 is 0. The van der Waals surface area contributed by atoms with Gasteiger partial charge in [0, 0.05) is 21.9 Å². The van der Waals surface area contributed by atoms with E-state index in [1.54, 1.807) is 0 Å². The molecule has 0 N–H and O–H groups in total. The number of hydrogen-bond donors (Lipinski definition) is 0. The van der Waals surface area contributed by atoms with E-state index in [9.17, 15) is 9.59 Å². The van der Waals surface area contributed by atoms with Gasteiger partial charge in [0.1, 0.15) is 18.9 Å². The summed E-state index contributed by atoms with van der Waals surface area (Å²) in [5.41, 5.74) is 3.82. The lowest BCUT2D eigenvalue weighted by atomic mass is 9.88. The summed E-state index contributed by atoms with van der Waals surface area (Å²) in [4.78, 5) is 29.2. The van der Waals surface area contributed by atoms with Crippen LogP contribution in [0.2, 0.25) is 0 Å². The van der Waals surface area contributed by atoms with Crippen molar-refractivity contribution >= 4 is 28.3 Å². The molecule has 0 spiro atoms. The van der Waals surface area contributed by atoms with Gasteiger partial charge < -0.3 is 9.22 Å². The Kier molecular flexibility index (Phi) is 6.26. The highest BCUT2D eigenvalue weighted by Crippen LogP contribution is 2.41. The molecular formula is C29H35N2O3+. The van der Waals surface area contributed by atoms with Gasteiger partial charge in [-0.05, 0) is 41.2 Å². The Hall–Kier alpha value is -3.18. The molecule has 0 aliphatic carbocycles. The zero-order valence-corrected chi connectivity index (χ0v) is 21.3. The first-order chi connectivity index (χ1) is 16.0. The van der Waals surface area contributed by atoms with Crippen LogP contribution >= 0.6 is 0 Å². The van der Waals surface area contributed by atoms with E-state index in [0.29, 0.717) is 28.9 Å². The molecule has 1 aliphatic rings. The molecule has 1 heterocycles. The molecule has 0 saturated carbocycles. The zero-order valence-electron chi connectivity index (χ0n) is 21.3. The van der Waals surface area contributed by atoms with Crippen LogP contribution in [0.15, 0.2) is 48.5 Å². The second kappa shape index (κ2) is 8.88. The minimum absolute atomic E-state index is 0.170. The molecule has 0 radical (unpaired) electrons. The second-order valence-electron chi connectivity index (χ2n) is 10.7. The van der Waals surface area contributed by atoms with Gasteiger partial charge >= 0.3 is 0 Å². The van der Waals surface area contributed by atoms with E-state index in [-0.39, 0.29) is 23.7 Å². The van der Waals surface area contributed by atoms with Gasteiger partial charge in [-0.25, -0.2) is 4.90 Å². The number of likely N-dealkylation sites (N-methyl/N-ethyl adjacent to an activating group) is 1. The van der Waals surface area contributed by atoms with Crippen LogP contribution in [0.25, 0.3) is 10.8 Å². The molecule has 4 rings (SSSR count). The first kappa shape index (κ1) is 24.0. The van der Waals surface area contributed by atoms with E-state index in [1.165, 1.54) is 4.90 Å². The summed E-state index contributed by atoms with van der Waals surface area (Å²) in [6.07, 6.45) is 0. The molecule has 0 fully saturated rings. The molecule has 3 aromatic carbocycles. The van der Waals surface area contributed by atoms with E-state index in [4.69, 9.17) is 4.74 Å². The summed E-state index contributed by atoms with van der Waals surface area (Å²) in [6.45, 7) is 9.77. The molecule has 5 nitrogen and oxygen atoms in total. The van der Waals surface area contributed by atoms with Gasteiger partial charge in [-0.15, -0.1) is 0 Å². The fourth-order valence-electron chi connectivity index (χ4n) is 4.60. The third-order valence-corrected chi connectivity index (χ3v) is 6.45. The number of anilines is 1. The minimum atomic E-state index is -0.276. The van der Waals surface area contributed by atoms with Crippen molar-refractivity contribution < 1.29 is 18.8 Å². The third-order valence-electron chi connectivity index (χ3n) is 6.45. The van der Waals surface area contributed by atoms with Crippen LogP contribution in [0.1, 0.15) is 71.4 Å². The van der Waals surface area contributed by atoms with E-state index >= 15 is 0 Å². The highest BCUT2D eigenvalue weighted by molar-refractivity contribution is 6.36. The summed E-state index contributed by atoms with van der Waals surface area (Å²) < 4.78 is 6.90. The number of ether oxygens (including phenoxy) is 1. The van der Waals surface area contributed by atoms with Crippen LogP contribution < -0.4 is 9.64 Å². The Labute approximate surface area is 202 Å². The molecule has 2 amide bonds. The number of nitrogens with zero attached hydrogens (tertiary/aromatic N) is 2. The summed E-state index contributed by atoms with van der Waals surface area (Å²) in [6, 6.07) is 15.3. The Morgan fingerprint density at radius 1 is 0.794 bits per heavy atom. The number of carbonyl (C=O) groups excluding carboxylic acids is 2. The summed E-state index contributed by atoms with van der Waals surface area (Å²) in [5, 5.41) is 1.49. The van der Waals surface area contributed by atoms with Crippen LogP contribution in [0.5, 0.6) is 5.75 Å². The lowest BCUT2D eigenvalue weighted by Crippen LogP contribution is -2.41. The van der Waals surface area contributed by atoms with Crippen LogP contribution in [0, 0.1) is 0 Å². The van der Waals surface area contributed by atoms with Crippen LogP contribution in [-0.4, -0.2) is 50.6 Å². The topological polar surface area (TPSA) is 46.6 Å². The lowest BCUT2D eigenvalue weighted by molar-refractivity contribution is -0.870. The zero-order chi connectivity index (χ0) is 24.8. The van der Waals surface area contributed by atoms with Crippen molar-refractivity contribution in [2.75, 3.05) is 39.2 Å². The van der Waals surface area contributed by atoms with E-state index in [2.05, 4.69) is 48.8 Å². The summed E-state index contributed by atoms with van der Waals surface area (Å²) in [7, 11) is 6.36. The van der Waals surface area contributed by atoms with E-state index in [0.717, 1.165) is 33.2 Å². The average molecular weight is 460 g/mol. The molecule has 0 aromatic heterocycles. The molecule has 0 bridgehead atoms. The van der Waals surface area contributed by atoms with Gasteiger partial charge in [-0.2, -0.15) is 0 Å². The average Bonchev–Trinajstić information content (AvgIpc) is 2.77. The third kappa shape index (κ3) is 4.21. The Bertz CT molecular complexity index is 1220. The fourth-order valence-corrected chi connectivity index (χ4v) is 4.60. The van der Waals surface area contributed by atoms with E-state index in [1.807, 2.05) is 48.5 Å². The molecule has 1 aliphatic heterocycles. The molecule has 0 saturated heterocycles. The van der Waals surface area contributed by atoms with Crippen molar-refractivity contribution in [2.45, 2.75) is 39.5 Å². The standard InChI is InChI=1S/C29H35N2O3/c1-18(2)20-10-8-11-21(19(3)4)27(20)30-28(32)23-13-9-12-22-25(34-17-16-31(5,6)7)15-14-24(26(22)23)29(30)33/h8-15,18-19H,16-17H2,1-7H3/q+1. The maximum atomic E-state index is 13.9. The van der Waals surface area contributed by atoms with Crippen molar-refractivity contribution in [3.63, 3.8) is 0 Å². The molecule has 0 unspecified atom stereocenters. The first-order valence-corrected chi connectivity index (χ1v) is 12.0. The SMILES string of the molecule is CC(C)c1cccc(C(C)C)c1N1C(=O)c2cccc3c(OCC[N+](C)(C)C)ccc(c23)C1=O. The number of imide groups is 1. The maximum Gasteiger partial charge on any atom is 0.266 e. The quantitative estimate of drug-likeness (QED) is 0.323. The first-order valence-electron chi connectivity index (χ1n) is 12.0. The predicted octanol–water partition coefficient (Wildman–Crippen LogP) is 5.97. The van der Waals surface area contributed by atoms with Gasteiger partial charge in [-0.1, -0.05) is 58.0 Å². The van der Waals surface area contributed by atoms with Gasteiger partial charge in [0.25, 0.3) is 11.8 Å². The molecule has 34 heavy (non-hydrogen) atoms. The number of benzene rings is 3. The smallest absolute Gasteiger partial charge is 0.266 e. The molecular weight excluding hydrogens is 424 g/mol. The molecule has 5 heteroatoms. The Balaban J connectivity index is 1.85. The van der Waals surface area contributed by atoms with Gasteiger partial charge in [0.2, 0.25) is 0 Å². The highest BCUT2D eigenvalue weighted by Gasteiger charge is 2.37. The van der Waals surface area contributed by atoms with Crippen LogP contribution in [0.3, 0.4) is 0 Å². The number of hydrogen-bond acceptors (Lipinski definition) is 3. The molecule has 0 atom stereocenters. The second-order valence-corrected chi connectivity index (χ2v) is 10.7. The maximum absolute atomic E-state index is 13.9. The van der Waals surface area contributed by atoms with Gasteiger partial charge in [-0.3, -0.25) is 9.59 Å². The number of para-hydroxylation sites is 1. The number of rotatable bonds is 7. The molecule has 178 valence electrons. The fraction of sp³-hybridized carbons (Fsp3) is 0.379. The minimum Gasteiger partial charge on any atom is -0.487 e. The van der Waals surface area contributed by atoms with Gasteiger partial charge in [0.05, 0.1) is 26.8 Å². The highest BCUT2D eigenvalue weighted by atomic mass is 16.5. The van der Waals surface area contributed by atoms with Crippen LogP contribution in [-0.2, 0) is 0 Å². The number of amides is 2. The van der Waals surface area contributed by atoms with Crippen molar-refractivity contribution in [3.05, 3.63) is 70.8 Å². The van der Waals surface area contributed by atoms with E-state index < -0.39 is 0 Å². The largest absolute Gasteiger partial charge is 0.487 e. The van der Waals surface area contributed by atoms with Crippen molar-refractivity contribution in [3.8, 4) is 5.75 Å². The van der Waals surface area contributed by atoms with Crippen molar-refractivity contribution in [2.24, 2.45) is 0 Å². The molecule has 3 aromatic rings. The lowest BCUT2D eigenvalue weighted by Gasteiger charge is -2.32. The Morgan fingerprint density at radius 3 is 1.91 bits per heavy atom. The van der Waals surface area contributed by atoms with Crippen LogP contribution in [0.4, 0.5) is 5.69 Å². The summed E-state index contributed by atoms with van der Waals surface area (Å²) in [5.74, 6) is 0.490.